The van der Waals surface area contributed by atoms with E-state index in [0.29, 0.717) is 12.8 Å². The van der Waals surface area contributed by atoms with Gasteiger partial charge in [-0.15, -0.1) is 0 Å². The lowest BCUT2D eigenvalue weighted by Gasteiger charge is -2.12. The SMILES string of the molecule is CCCC/C=C/CCOC(=O)c1cccc(S(=O)(=O)O)c1C(=O)OCC/C=C/CCCC. The van der Waals surface area contributed by atoms with Crippen LogP contribution in [0.3, 0.4) is 0 Å². The van der Waals surface area contributed by atoms with Crippen LogP contribution in [0.2, 0.25) is 0 Å². The van der Waals surface area contributed by atoms with Crippen molar-refractivity contribution in [3.63, 3.8) is 0 Å². The van der Waals surface area contributed by atoms with Gasteiger partial charge in [0.15, 0.2) is 0 Å². The topological polar surface area (TPSA) is 107 Å². The first-order chi connectivity index (χ1) is 15.3. The lowest BCUT2D eigenvalue weighted by molar-refractivity contribution is 0.0460. The Bertz CT molecular complexity index is 886. The van der Waals surface area contributed by atoms with Crippen molar-refractivity contribution in [2.24, 2.45) is 0 Å². The minimum atomic E-state index is -4.75. The second-order valence-corrected chi connectivity index (χ2v) is 8.62. The van der Waals surface area contributed by atoms with Gasteiger partial charge in [-0.25, -0.2) is 9.59 Å². The molecule has 0 aromatic heterocycles. The van der Waals surface area contributed by atoms with Gasteiger partial charge >= 0.3 is 11.9 Å². The molecule has 0 aliphatic carbocycles. The minimum absolute atomic E-state index is 0.0122. The van der Waals surface area contributed by atoms with Crippen LogP contribution < -0.4 is 0 Å². The molecule has 178 valence electrons. The van der Waals surface area contributed by atoms with Gasteiger partial charge in [-0.2, -0.15) is 8.42 Å². The summed E-state index contributed by atoms with van der Waals surface area (Å²) in [6, 6.07) is 3.58. The van der Waals surface area contributed by atoms with Gasteiger partial charge in [0.25, 0.3) is 10.1 Å². The molecular weight excluding hydrogens is 432 g/mol. The number of allylic oxidation sites excluding steroid dienone is 2. The largest absolute Gasteiger partial charge is 0.462 e. The average molecular weight is 467 g/mol. The van der Waals surface area contributed by atoms with E-state index in [1.54, 1.807) is 0 Å². The Morgan fingerprint density at radius 2 is 1.34 bits per heavy atom. The molecule has 1 N–H and O–H groups in total. The van der Waals surface area contributed by atoms with Crippen LogP contribution in [0.15, 0.2) is 47.4 Å². The smallest absolute Gasteiger partial charge is 0.340 e. The number of carbonyl (C=O) groups excluding carboxylic acids is 2. The summed E-state index contributed by atoms with van der Waals surface area (Å²) in [4.78, 5) is 24.4. The molecule has 0 aliphatic rings. The predicted molar refractivity (Wildman–Crippen MR) is 123 cm³/mol. The molecule has 1 aromatic rings. The van der Waals surface area contributed by atoms with E-state index in [-0.39, 0.29) is 18.8 Å². The minimum Gasteiger partial charge on any atom is -0.462 e. The predicted octanol–water partition coefficient (Wildman–Crippen LogP) is 5.52. The third kappa shape index (κ3) is 10.2. The first-order valence-corrected chi connectivity index (χ1v) is 12.5. The molecule has 0 unspecified atom stereocenters. The van der Waals surface area contributed by atoms with E-state index in [1.807, 2.05) is 24.3 Å². The van der Waals surface area contributed by atoms with Gasteiger partial charge in [0.05, 0.1) is 24.3 Å². The normalized spacial score (nSPS) is 11.8. The van der Waals surface area contributed by atoms with E-state index in [4.69, 9.17) is 9.47 Å². The summed E-state index contributed by atoms with van der Waals surface area (Å²) in [6.45, 7) is 4.28. The van der Waals surface area contributed by atoms with Crippen molar-refractivity contribution in [1.29, 1.82) is 0 Å². The molecule has 0 amide bonds. The molecule has 0 saturated carbocycles. The van der Waals surface area contributed by atoms with Crippen LogP contribution in [0.1, 0.15) is 85.9 Å². The monoisotopic (exact) mass is 466 g/mol. The number of hydrogen-bond donors (Lipinski definition) is 1. The van der Waals surface area contributed by atoms with Crippen LogP contribution in [0.4, 0.5) is 0 Å². The van der Waals surface area contributed by atoms with E-state index in [1.165, 1.54) is 12.1 Å². The molecule has 0 radical (unpaired) electrons. The van der Waals surface area contributed by atoms with Gasteiger partial charge in [0, 0.05) is 0 Å². The molecule has 0 spiro atoms. The molecule has 0 bridgehead atoms. The molecule has 0 heterocycles. The summed E-state index contributed by atoms with van der Waals surface area (Å²) >= 11 is 0. The number of hydrogen-bond acceptors (Lipinski definition) is 6. The molecule has 1 aromatic carbocycles. The highest BCUT2D eigenvalue weighted by Gasteiger charge is 2.28. The van der Waals surface area contributed by atoms with Crippen LogP contribution in [-0.4, -0.2) is 38.1 Å². The molecular formula is C24H34O7S. The number of benzene rings is 1. The van der Waals surface area contributed by atoms with Crippen LogP contribution >= 0.6 is 0 Å². The molecule has 32 heavy (non-hydrogen) atoms. The van der Waals surface area contributed by atoms with Crippen molar-refractivity contribution < 1.29 is 32.0 Å². The van der Waals surface area contributed by atoms with Gasteiger partial charge in [0.1, 0.15) is 4.90 Å². The summed E-state index contributed by atoms with van der Waals surface area (Å²) in [5.74, 6) is -1.87. The van der Waals surface area contributed by atoms with Crippen molar-refractivity contribution in [2.75, 3.05) is 13.2 Å². The van der Waals surface area contributed by atoms with E-state index in [0.717, 1.165) is 44.6 Å². The summed E-state index contributed by atoms with van der Waals surface area (Å²) in [7, 11) is -4.75. The molecule has 0 fully saturated rings. The molecule has 7 nitrogen and oxygen atoms in total. The van der Waals surface area contributed by atoms with Gasteiger partial charge in [-0.05, 0) is 37.8 Å². The number of carbonyl (C=O) groups is 2. The molecule has 0 saturated heterocycles. The number of ether oxygens (including phenoxy) is 2. The van der Waals surface area contributed by atoms with E-state index in [9.17, 15) is 22.6 Å². The maximum absolute atomic E-state index is 12.6. The lowest BCUT2D eigenvalue weighted by Crippen LogP contribution is -2.19. The summed E-state index contributed by atoms with van der Waals surface area (Å²) in [6.07, 6.45) is 14.9. The Morgan fingerprint density at radius 1 is 0.844 bits per heavy atom. The maximum atomic E-state index is 12.6. The highest BCUT2D eigenvalue weighted by molar-refractivity contribution is 7.86. The van der Waals surface area contributed by atoms with Gasteiger partial charge in [-0.3, -0.25) is 4.55 Å². The number of esters is 2. The number of unbranched alkanes of at least 4 members (excludes halogenated alkanes) is 4. The molecule has 1 rings (SSSR count). The fraction of sp³-hybridized carbons (Fsp3) is 0.500. The summed E-state index contributed by atoms with van der Waals surface area (Å²) < 4.78 is 43.4. The van der Waals surface area contributed by atoms with Crippen molar-refractivity contribution in [1.82, 2.24) is 0 Å². The Balaban J connectivity index is 2.87. The van der Waals surface area contributed by atoms with Crippen molar-refractivity contribution >= 4 is 22.1 Å². The number of rotatable bonds is 15. The highest BCUT2D eigenvalue weighted by atomic mass is 32.2. The zero-order chi connectivity index (χ0) is 23.8. The lowest BCUT2D eigenvalue weighted by atomic mass is 10.1. The zero-order valence-corrected chi connectivity index (χ0v) is 19.7. The first kappa shape index (κ1) is 27.6. The van der Waals surface area contributed by atoms with Gasteiger partial charge < -0.3 is 9.47 Å². The Hall–Kier alpha value is -2.45. The fourth-order valence-corrected chi connectivity index (χ4v) is 3.53. The van der Waals surface area contributed by atoms with E-state index < -0.39 is 32.5 Å². The van der Waals surface area contributed by atoms with Crippen LogP contribution in [0.25, 0.3) is 0 Å². The second-order valence-electron chi connectivity index (χ2n) is 7.23. The quantitative estimate of drug-likeness (QED) is 0.157. The third-order valence-electron chi connectivity index (χ3n) is 4.55. The van der Waals surface area contributed by atoms with Crippen molar-refractivity contribution in [3.05, 3.63) is 53.6 Å². The maximum Gasteiger partial charge on any atom is 0.340 e. The van der Waals surface area contributed by atoms with E-state index in [2.05, 4.69) is 13.8 Å². The third-order valence-corrected chi connectivity index (χ3v) is 5.44. The Labute approximate surface area is 191 Å². The van der Waals surface area contributed by atoms with Crippen LogP contribution in [-0.2, 0) is 19.6 Å². The fourth-order valence-electron chi connectivity index (χ4n) is 2.83. The molecule has 8 heteroatoms. The van der Waals surface area contributed by atoms with Gasteiger partial charge in [0.2, 0.25) is 0 Å². The highest BCUT2D eigenvalue weighted by Crippen LogP contribution is 2.22. The van der Waals surface area contributed by atoms with Crippen molar-refractivity contribution in [3.8, 4) is 0 Å². The second kappa shape index (κ2) is 15.4. The standard InChI is InChI=1S/C24H34O7S/c1-3-5-7-9-11-13-18-30-23(25)20-16-15-17-21(32(27,28)29)22(20)24(26)31-19-14-12-10-8-6-4-2/h9-12,15-17H,3-8,13-14,18-19H2,1-2H3,(H,27,28,29)/b11-9+,12-10+. The van der Waals surface area contributed by atoms with Crippen LogP contribution in [0.5, 0.6) is 0 Å². The Kier molecular flexibility index (Phi) is 13.2. The first-order valence-electron chi connectivity index (χ1n) is 11.1. The molecule has 0 aliphatic heterocycles. The van der Waals surface area contributed by atoms with E-state index >= 15 is 0 Å². The van der Waals surface area contributed by atoms with Crippen molar-refractivity contribution in [2.45, 2.75) is 70.1 Å². The summed E-state index contributed by atoms with van der Waals surface area (Å²) in [5, 5.41) is 0. The van der Waals surface area contributed by atoms with Crippen LogP contribution in [0, 0.1) is 0 Å². The average Bonchev–Trinajstić information content (AvgIpc) is 2.76. The zero-order valence-electron chi connectivity index (χ0n) is 18.9. The summed E-state index contributed by atoms with van der Waals surface area (Å²) in [5.41, 5.74) is -0.785. The van der Waals surface area contributed by atoms with Gasteiger partial charge in [-0.1, -0.05) is 69.9 Å². The molecule has 0 atom stereocenters. The Morgan fingerprint density at radius 3 is 1.84 bits per heavy atom.